The number of nitrogens with one attached hydrogen (secondary N) is 1. The molecule has 0 aromatic heterocycles. The maximum Gasteiger partial charge on any atom is 0.338 e. The largest absolute Gasteiger partial charge is 0.454 e. The molecule has 2 aromatic rings. The Labute approximate surface area is 143 Å². The molecular weight excluding hydrogens is 329 g/mol. The second-order valence-electron chi connectivity index (χ2n) is 5.49. The predicted octanol–water partition coefficient (Wildman–Crippen LogP) is 2.59. The quantitative estimate of drug-likeness (QED) is 0.843. The summed E-state index contributed by atoms with van der Waals surface area (Å²) in [7, 11) is 0. The molecule has 0 saturated carbocycles. The van der Waals surface area contributed by atoms with Gasteiger partial charge in [0.05, 0.1) is 11.6 Å². The average molecular weight is 345 g/mol. The zero-order valence-corrected chi connectivity index (χ0v) is 13.5. The van der Waals surface area contributed by atoms with Crippen molar-refractivity contribution in [3.63, 3.8) is 0 Å². The van der Waals surface area contributed by atoms with Gasteiger partial charge in [-0.15, -0.1) is 0 Å². The van der Waals surface area contributed by atoms with E-state index >= 15 is 0 Å². The summed E-state index contributed by atoms with van der Waals surface area (Å²) < 4.78 is 28.5. The highest BCUT2D eigenvalue weighted by Gasteiger charge is 2.17. The molecule has 1 N–H and O–H groups in total. The van der Waals surface area contributed by atoms with Crippen LogP contribution in [-0.4, -0.2) is 25.3 Å². The molecule has 0 spiro atoms. The Kier molecular flexibility index (Phi) is 4.83. The van der Waals surface area contributed by atoms with Crippen LogP contribution in [0.3, 0.4) is 0 Å². The number of rotatable bonds is 5. The minimum atomic E-state index is -0.759. The van der Waals surface area contributed by atoms with Gasteiger partial charge in [-0.1, -0.05) is 12.1 Å². The number of benzene rings is 2. The topological polar surface area (TPSA) is 73.9 Å². The lowest BCUT2D eigenvalue weighted by atomic mass is 10.1. The van der Waals surface area contributed by atoms with Gasteiger partial charge in [0.25, 0.3) is 5.91 Å². The molecule has 130 valence electrons. The van der Waals surface area contributed by atoms with Crippen LogP contribution in [0.15, 0.2) is 42.5 Å². The highest BCUT2D eigenvalue weighted by Crippen LogP contribution is 2.34. The van der Waals surface area contributed by atoms with Crippen molar-refractivity contribution in [2.24, 2.45) is 0 Å². The average Bonchev–Trinajstić information content (AvgIpc) is 3.07. The van der Waals surface area contributed by atoms with Crippen LogP contribution in [0.5, 0.6) is 11.5 Å². The first-order chi connectivity index (χ1) is 12.0. The Balaban J connectivity index is 1.53. The van der Waals surface area contributed by atoms with E-state index in [9.17, 15) is 14.0 Å². The SMILES string of the molecule is C[C@@H](NC(=O)COC(=O)c1cccc(F)c1)c1ccc2c(c1)OCO2. The lowest BCUT2D eigenvalue weighted by Crippen LogP contribution is -2.31. The zero-order valence-electron chi connectivity index (χ0n) is 13.5. The molecule has 0 unspecified atom stereocenters. The van der Waals surface area contributed by atoms with E-state index in [2.05, 4.69) is 5.32 Å². The van der Waals surface area contributed by atoms with E-state index in [1.807, 2.05) is 6.07 Å². The number of fused-ring (bicyclic) bond motifs is 1. The smallest absolute Gasteiger partial charge is 0.338 e. The monoisotopic (exact) mass is 345 g/mol. The lowest BCUT2D eigenvalue weighted by molar-refractivity contribution is -0.124. The minimum absolute atomic E-state index is 0.0524. The third-order valence-electron chi connectivity index (χ3n) is 3.67. The zero-order chi connectivity index (χ0) is 17.8. The Morgan fingerprint density at radius 3 is 2.80 bits per heavy atom. The second kappa shape index (κ2) is 7.21. The van der Waals surface area contributed by atoms with Gasteiger partial charge < -0.3 is 19.5 Å². The summed E-state index contributed by atoms with van der Waals surface area (Å²) in [4.78, 5) is 23.7. The maximum absolute atomic E-state index is 13.1. The summed E-state index contributed by atoms with van der Waals surface area (Å²) >= 11 is 0. The number of hydrogen-bond donors (Lipinski definition) is 1. The molecule has 1 aliphatic rings. The lowest BCUT2D eigenvalue weighted by Gasteiger charge is -2.15. The summed E-state index contributed by atoms with van der Waals surface area (Å²) in [6.07, 6.45) is 0. The van der Waals surface area contributed by atoms with E-state index in [1.54, 1.807) is 19.1 Å². The van der Waals surface area contributed by atoms with Crippen molar-refractivity contribution in [2.45, 2.75) is 13.0 Å². The van der Waals surface area contributed by atoms with Gasteiger partial charge in [0.15, 0.2) is 18.1 Å². The van der Waals surface area contributed by atoms with Gasteiger partial charge in [-0.2, -0.15) is 0 Å². The van der Waals surface area contributed by atoms with E-state index in [1.165, 1.54) is 18.2 Å². The first-order valence-corrected chi connectivity index (χ1v) is 7.64. The van der Waals surface area contributed by atoms with Crippen LogP contribution in [0.4, 0.5) is 4.39 Å². The van der Waals surface area contributed by atoms with Gasteiger partial charge in [-0.3, -0.25) is 4.79 Å². The van der Waals surface area contributed by atoms with Crippen LogP contribution < -0.4 is 14.8 Å². The molecule has 7 heteroatoms. The highest BCUT2D eigenvalue weighted by molar-refractivity contribution is 5.91. The Morgan fingerprint density at radius 1 is 1.20 bits per heavy atom. The third-order valence-corrected chi connectivity index (χ3v) is 3.67. The summed E-state index contributed by atoms with van der Waals surface area (Å²) in [6.45, 7) is 1.52. The van der Waals surface area contributed by atoms with E-state index in [0.717, 1.165) is 11.6 Å². The second-order valence-corrected chi connectivity index (χ2v) is 5.49. The molecule has 25 heavy (non-hydrogen) atoms. The normalized spacial score (nSPS) is 13.2. The number of halogens is 1. The Bertz CT molecular complexity index is 808. The van der Waals surface area contributed by atoms with Gasteiger partial charge in [-0.25, -0.2) is 9.18 Å². The number of carbonyl (C=O) groups excluding carboxylic acids is 2. The molecule has 0 aliphatic carbocycles. The molecule has 0 saturated heterocycles. The van der Waals surface area contributed by atoms with Crippen LogP contribution in [0.2, 0.25) is 0 Å². The molecule has 0 bridgehead atoms. The van der Waals surface area contributed by atoms with Crippen LogP contribution in [0.1, 0.15) is 28.9 Å². The van der Waals surface area contributed by atoms with Crippen molar-refractivity contribution in [3.05, 3.63) is 59.4 Å². The van der Waals surface area contributed by atoms with Gasteiger partial charge in [-0.05, 0) is 42.8 Å². The molecule has 1 heterocycles. The summed E-state index contributed by atoms with van der Waals surface area (Å²) in [5, 5.41) is 2.72. The van der Waals surface area contributed by atoms with Gasteiger partial charge in [0, 0.05) is 0 Å². The molecule has 1 aliphatic heterocycles. The Morgan fingerprint density at radius 2 is 2.00 bits per heavy atom. The van der Waals surface area contributed by atoms with Crippen LogP contribution in [-0.2, 0) is 9.53 Å². The molecule has 0 radical (unpaired) electrons. The first-order valence-electron chi connectivity index (χ1n) is 7.64. The molecular formula is C18H16FNO5. The van der Waals surface area contributed by atoms with E-state index in [0.29, 0.717) is 11.5 Å². The van der Waals surface area contributed by atoms with Crippen LogP contribution in [0.25, 0.3) is 0 Å². The molecule has 0 fully saturated rings. The molecule has 2 aromatic carbocycles. The summed E-state index contributed by atoms with van der Waals surface area (Å²) in [5.41, 5.74) is 0.880. The van der Waals surface area contributed by atoms with Crippen molar-refractivity contribution >= 4 is 11.9 Å². The van der Waals surface area contributed by atoms with E-state index < -0.39 is 24.3 Å². The Hall–Kier alpha value is -3.09. The summed E-state index contributed by atoms with van der Waals surface area (Å²) in [5.74, 6) is -0.488. The molecule has 1 amide bonds. The molecule has 1 atom stereocenters. The van der Waals surface area contributed by atoms with Crippen LogP contribution in [0, 0.1) is 5.82 Å². The van der Waals surface area contributed by atoms with Crippen molar-refractivity contribution in [1.82, 2.24) is 5.32 Å². The highest BCUT2D eigenvalue weighted by atomic mass is 19.1. The van der Waals surface area contributed by atoms with Crippen LogP contribution >= 0.6 is 0 Å². The van der Waals surface area contributed by atoms with E-state index in [-0.39, 0.29) is 18.4 Å². The standard InChI is InChI=1S/C18H16FNO5/c1-11(12-5-6-15-16(8-12)25-10-24-15)20-17(21)9-23-18(22)13-3-2-4-14(19)7-13/h2-8,11H,9-10H2,1H3,(H,20,21)/t11-/m1/s1. The molecule has 3 rings (SSSR count). The number of ether oxygens (including phenoxy) is 3. The number of hydrogen-bond acceptors (Lipinski definition) is 5. The van der Waals surface area contributed by atoms with Gasteiger partial charge in [0.2, 0.25) is 6.79 Å². The number of amides is 1. The predicted molar refractivity (Wildman–Crippen MR) is 85.8 cm³/mol. The maximum atomic E-state index is 13.1. The van der Waals surface area contributed by atoms with Crippen molar-refractivity contribution in [2.75, 3.05) is 13.4 Å². The first kappa shape index (κ1) is 16.8. The van der Waals surface area contributed by atoms with Crippen molar-refractivity contribution in [3.8, 4) is 11.5 Å². The third kappa shape index (κ3) is 4.06. The fraction of sp³-hybridized carbons (Fsp3) is 0.222. The van der Waals surface area contributed by atoms with Crippen molar-refractivity contribution < 1.29 is 28.2 Å². The van der Waals surface area contributed by atoms with Gasteiger partial charge in [0.1, 0.15) is 5.82 Å². The number of esters is 1. The van der Waals surface area contributed by atoms with Gasteiger partial charge >= 0.3 is 5.97 Å². The van der Waals surface area contributed by atoms with E-state index in [4.69, 9.17) is 14.2 Å². The minimum Gasteiger partial charge on any atom is -0.454 e. The summed E-state index contributed by atoms with van der Waals surface area (Å²) in [6, 6.07) is 10.1. The number of carbonyl (C=O) groups is 2. The molecule has 6 nitrogen and oxygen atoms in total. The van der Waals surface area contributed by atoms with Crippen molar-refractivity contribution in [1.29, 1.82) is 0 Å². The fourth-order valence-electron chi connectivity index (χ4n) is 2.38. The fourth-order valence-corrected chi connectivity index (χ4v) is 2.38.